The molecule has 0 bridgehead atoms. The fourth-order valence-corrected chi connectivity index (χ4v) is 0.549. The summed E-state index contributed by atoms with van der Waals surface area (Å²) in [4.78, 5) is 1.89. The first kappa shape index (κ1) is 9.94. The van der Waals surface area contributed by atoms with E-state index in [-0.39, 0.29) is 0 Å². The first-order chi connectivity index (χ1) is 5.02. The Balaban J connectivity index is 3.87. The van der Waals surface area contributed by atoms with Gasteiger partial charge in [0, 0.05) is 14.1 Å². The topological polar surface area (TPSA) is 21.9 Å². The van der Waals surface area contributed by atoms with Crippen LogP contribution in [0.25, 0.3) is 0 Å². The Morgan fingerprint density at radius 1 is 1.18 bits per heavy atom. The second-order valence-electron chi connectivity index (χ2n) is 2.85. The van der Waals surface area contributed by atoms with E-state index in [1.807, 2.05) is 51.1 Å². The molecule has 0 radical (unpaired) electrons. The van der Waals surface area contributed by atoms with E-state index in [4.69, 9.17) is 0 Å². The molecule has 0 heterocycles. The molecule has 4 nitrogen and oxygen atoms in total. The molecule has 0 aromatic carbocycles. The second kappa shape index (κ2) is 4.71. The van der Waals surface area contributed by atoms with Crippen LogP contribution in [0.5, 0.6) is 0 Å². The standard InChI is InChI=1S/C7H17N4/c1-9(2)6-8-11(5)7-10(3)4/h6-7H,1-5H3/q+1/b8-6+. The van der Waals surface area contributed by atoms with Crippen molar-refractivity contribution in [1.29, 1.82) is 0 Å². The molecule has 0 unspecified atom stereocenters. The summed E-state index contributed by atoms with van der Waals surface area (Å²) < 4.78 is 1.94. The van der Waals surface area contributed by atoms with Crippen LogP contribution in [0.3, 0.4) is 0 Å². The maximum atomic E-state index is 4.10. The largest absolute Gasteiger partial charge is 0.366 e. The van der Waals surface area contributed by atoms with Crippen molar-refractivity contribution in [3.8, 4) is 0 Å². The highest BCUT2D eigenvalue weighted by atomic mass is 15.5. The minimum atomic E-state index is 1.75. The van der Waals surface area contributed by atoms with E-state index in [2.05, 4.69) is 5.10 Å². The second-order valence-corrected chi connectivity index (χ2v) is 2.85. The minimum Gasteiger partial charge on any atom is -0.366 e. The summed E-state index contributed by atoms with van der Waals surface area (Å²) in [6.07, 6.45) is 3.64. The molecule has 0 atom stereocenters. The summed E-state index contributed by atoms with van der Waals surface area (Å²) in [6, 6.07) is 0. The molecule has 0 saturated carbocycles. The summed E-state index contributed by atoms with van der Waals surface area (Å²) in [7, 11) is 9.68. The molecule has 0 aliphatic heterocycles. The molecule has 0 spiro atoms. The quantitative estimate of drug-likeness (QED) is 0.243. The Kier molecular flexibility index (Phi) is 4.26. The van der Waals surface area contributed by atoms with Gasteiger partial charge >= 0.3 is 0 Å². The number of hydrogen-bond donors (Lipinski definition) is 0. The van der Waals surface area contributed by atoms with Crippen molar-refractivity contribution in [1.82, 2.24) is 9.91 Å². The third-order valence-electron chi connectivity index (χ3n) is 0.863. The van der Waals surface area contributed by atoms with Gasteiger partial charge in [0.15, 0.2) is 0 Å². The molecule has 0 fully saturated rings. The van der Waals surface area contributed by atoms with E-state index in [0.29, 0.717) is 0 Å². The normalized spacial score (nSPS) is 9.91. The lowest BCUT2D eigenvalue weighted by Gasteiger charge is -2.03. The first-order valence-corrected chi connectivity index (χ1v) is 3.47. The van der Waals surface area contributed by atoms with Gasteiger partial charge in [-0.3, -0.25) is 4.58 Å². The van der Waals surface area contributed by atoms with Gasteiger partial charge in [0.05, 0.1) is 14.1 Å². The average molecular weight is 157 g/mol. The molecule has 0 amide bonds. The molecule has 11 heavy (non-hydrogen) atoms. The van der Waals surface area contributed by atoms with E-state index in [1.54, 1.807) is 11.3 Å². The number of hydrogen-bond acceptors (Lipinski definition) is 1. The van der Waals surface area contributed by atoms with E-state index < -0.39 is 0 Å². The first-order valence-electron chi connectivity index (χ1n) is 3.47. The number of hydrazone groups is 1. The minimum absolute atomic E-state index is 1.75. The van der Waals surface area contributed by atoms with Gasteiger partial charge in [-0.15, -0.1) is 5.01 Å². The molecular weight excluding hydrogens is 140 g/mol. The fourth-order valence-electron chi connectivity index (χ4n) is 0.549. The molecule has 0 aliphatic rings. The zero-order valence-corrected chi connectivity index (χ0v) is 7.94. The van der Waals surface area contributed by atoms with Crippen LogP contribution >= 0.6 is 0 Å². The smallest absolute Gasteiger partial charge is 0.258 e. The summed E-state index contributed by atoms with van der Waals surface area (Å²) in [5.41, 5.74) is 0. The van der Waals surface area contributed by atoms with Gasteiger partial charge in [-0.1, -0.05) is 5.10 Å². The predicted octanol–water partition coefficient (Wildman–Crippen LogP) is -0.277. The Morgan fingerprint density at radius 3 is 2.09 bits per heavy atom. The zero-order chi connectivity index (χ0) is 8.85. The molecule has 0 aromatic heterocycles. The summed E-state index contributed by atoms with van der Waals surface area (Å²) in [5.74, 6) is 0. The van der Waals surface area contributed by atoms with Crippen LogP contribution in [-0.4, -0.2) is 62.4 Å². The van der Waals surface area contributed by atoms with Gasteiger partial charge in [0.1, 0.15) is 13.4 Å². The highest BCUT2D eigenvalue weighted by molar-refractivity contribution is 5.57. The fraction of sp³-hybridized carbons (Fsp3) is 0.714. The lowest BCUT2D eigenvalue weighted by Crippen LogP contribution is -2.18. The van der Waals surface area contributed by atoms with E-state index in [9.17, 15) is 0 Å². The predicted molar refractivity (Wildman–Crippen MR) is 48.1 cm³/mol. The summed E-state index contributed by atoms with van der Waals surface area (Å²) >= 11 is 0. The highest BCUT2D eigenvalue weighted by Gasteiger charge is 1.92. The molecular formula is C7H17N4+. The van der Waals surface area contributed by atoms with Crippen LogP contribution in [-0.2, 0) is 0 Å². The Labute approximate surface area is 68.4 Å². The van der Waals surface area contributed by atoms with Gasteiger partial charge < -0.3 is 4.90 Å². The maximum absolute atomic E-state index is 4.10. The zero-order valence-electron chi connectivity index (χ0n) is 7.94. The Morgan fingerprint density at radius 2 is 1.73 bits per heavy atom. The number of nitrogens with zero attached hydrogens (tertiary/aromatic N) is 4. The third kappa shape index (κ3) is 6.83. The van der Waals surface area contributed by atoms with E-state index >= 15 is 0 Å². The molecule has 4 heteroatoms. The number of rotatable bonds is 3. The van der Waals surface area contributed by atoms with Crippen molar-refractivity contribution in [2.24, 2.45) is 5.10 Å². The van der Waals surface area contributed by atoms with Crippen molar-refractivity contribution < 1.29 is 4.58 Å². The van der Waals surface area contributed by atoms with Crippen LogP contribution in [0.15, 0.2) is 5.10 Å². The van der Waals surface area contributed by atoms with Crippen molar-refractivity contribution >= 4 is 12.7 Å². The van der Waals surface area contributed by atoms with Crippen LogP contribution in [0.2, 0.25) is 0 Å². The lowest BCUT2D eigenvalue weighted by atomic mass is 10.9. The van der Waals surface area contributed by atoms with Crippen molar-refractivity contribution in [2.75, 3.05) is 35.2 Å². The van der Waals surface area contributed by atoms with Crippen LogP contribution < -0.4 is 0 Å². The van der Waals surface area contributed by atoms with Crippen LogP contribution in [0.1, 0.15) is 0 Å². The van der Waals surface area contributed by atoms with Gasteiger partial charge in [-0.2, -0.15) is 0 Å². The molecule has 0 saturated heterocycles. The summed E-state index contributed by atoms with van der Waals surface area (Å²) in [6.45, 7) is 0. The molecule has 0 aliphatic carbocycles. The molecule has 64 valence electrons. The lowest BCUT2D eigenvalue weighted by molar-refractivity contribution is -0.464. The SMILES string of the molecule is CN(C)/C=N/N(C)C=[N+](C)C. The van der Waals surface area contributed by atoms with Gasteiger partial charge in [0.25, 0.3) is 6.34 Å². The monoisotopic (exact) mass is 157 g/mol. The van der Waals surface area contributed by atoms with E-state index in [0.717, 1.165) is 0 Å². The molecule has 0 rings (SSSR count). The molecule has 0 aromatic rings. The average Bonchev–Trinajstić information content (AvgIpc) is 1.82. The Bertz CT molecular complexity index is 156. The molecule has 0 N–H and O–H groups in total. The van der Waals surface area contributed by atoms with Crippen molar-refractivity contribution in [3.05, 3.63) is 0 Å². The Hall–Kier alpha value is -1.06. The van der Waals surface area contributed by atoms with Crippen LogP contribution in [0, 0.1) is 0 Å². The van der Waals surface area contributed by atoms with Gasteiger partial charge in [-0.25, -0.2) is 0 Å². The van der Waals surface area contributed by atoms with Gasteiger partial charge in [0.2, 0.25) is 0 Å². The maximum Gasteiger partial charge on any atom is 0.258 e. The van der Waals surface area contributed by atoms with E-state index in [1.165, 1.54) is 0 Å². The third-order valence-corrected chi connectivity index (χ3v) is 0.863. The van der Waals surface area contributed by atoms with Crippen LogP contribution in [0.4, 0.5) is 0 Å². The van der Waals surface area contributed by atoms with Crippen molar-refractivity contribution in [2.45, 2.75) is 0 Å². The van der Waals surface area contributed by atoms with Crippen molar-refractivity contribution in [3.63, 3.8) is 0 Å². The summed E-state index contributed by atoms with van der Waals surface area (Å²) in [5, 5.41) is 5.85. The highest BCUT2D eigenvalue weighted by Crippen LogP contribution is 1.75. The van der Waals surface area contributed by atoms with Gasteiger partial charge in [-0.05, 0) is 0 Å².